The number of pyridine rings is 1. The third-order valence-corrected chi connectivity index (χ3v) is 8.75. The fourth-order valence-electron chi connectivity index (χ4n) is 6.34. The second-order valence-electron chi connectivity index (χ2n) is 11.8. The Morgan fingerprint density at radius 2 is 1.04 bits per heavy atom. The molecule has 0 atom stereocenters. The van der Waals surface area contributed by atoms with Crippen LogP contribution in [0.25, 0.3) is 77.6 Å². The predicted molar refractivity (Wildman–Crippen MR) is 188 cm³/mol. The minimum absolute atomic E-state index is 0.135. The number of halogens is 3. The summed E-state index contributed by atoms with van der Waals surface area (Å²) in [6.45, 7) is 0. The van der Waals surface area contributed by atoms with E-state index in [1.165, 1.54) is 0 Å². The van der Waals surface area contributed by atoms with Crippen molar-refractivity contribution in [1.29, 1.82) is 15.8 Å². The van der Waals surface area contributed by atoms with Crippen molar-refractivity contribution in [3.63, 3.8) is 0 Å². The van der Waals surface area contributed by atoms with Crippen LogP contribution in [0.1, 0.15) is 16.7 Å². The van der Waals surface area contributed by atoms with Gasteiger partial charge < -0.3 is 0 Å². The van der Waals surface area contributed by atoms with Gasteiger partial charge in [0, 0.05) is 32.8 Å². The molecule has 0 radical (unpaired) electrons. The van der Waals surface area contributed by atoms with Gasteiger partial charge in [0.25, 0.3) is 0 Å². The molecule has 0 bridgehead atoms. The van der Waals surface area contributed by atoms with E-state index in [4.69, 9.17) is 15.0 Å². The molecule has 51 heavy (non-hydrogen) atoms. The number of fused-ring (bicyclic) bond motifs is 5. The lowest BCUT2D eigenvalue weighted by molar-refractivity contribution is 0.448. The zero-order valence-electron chi connectivity index (χ0n) is 26.3. The van der Waals surface area contributed by atoms with Gasteiger partial charge in [-0.15, -0.1) is 0 Å². The molecule has 0 aliphatic heterocycles. The molecule has 0 amide bonds. The van der Waals surface area contributed by atoms with Crippen molar-refractivity contribution >= 4 is 32.7 Å². The molecular weight excluding hydrogens is 645 g/mol. The zero-order valence-corrected chi connectivity index (χ0v) is 26.3. The topological polar surface area (TPSA) is 110 Å². The van der Waals surface area contributed by atoms with Gasteiger partial charge in [-0.1, -0.05) is 60.7 Å². The molecule has 238 valence electrons. The molecule has 0 aliphatic rings. The summed E-state index contributed by atoms with van der Waals surface area (Å²) in [4.78, 5) is 15.4. The zero-order chi connectivity index (χ0) is 35.2. The third-order valence-electron chi connectivity index (χ3n) is 8.75. The number of para-hydroxylation sites is 1. The second-order valence-corrected chi connectivity index (χ2v) is 11.8. The van der Waals surface area contributed by atoms with Crippen LogP contribution in [-0.4, -0.2) is 15.0 Å². The summed E-state index contributed by atoms with van der Waals surface area (Å²) in [6, 6.07) is 38.3. The molecule has 0 N–H and O–H groups in total. The maximum atomic E-state index is 14.3. The van der Waals surface area contributed by atoms with Gasteiger partial charge in [-0.25, -0.2) is 28.1 Å². The molecule has 2 heterocycles. The van der Waals surface area contributed by atoms with Crippen molar-refractivity contribution in [2.24, 2.45) is 0 Å². The quantitative estimate of drug-likeness (QED) is 0.137. The van der Waals surface area contributed by atoms with Crippen LogP contribution in [0.4, 0.5) is 13.2 Å². The van der Waals surface area contributed by atoms with Crippen LogP contribution < -0.4 is 0 Å². The van der Waals surface area contributed by atoms with Crippen LogP contribution in [0.15, 0.2) is 115 Å². The van der Waals surface area contributed by atoms with Crippen molar-refractivity contribution in [2.75, 3.05) is 0 Å². The van der Waals surface area contributed by atoms with Gasteiger partial charge in [0.2, 0.25) is 0 Å². The number of nitriles is 3. The number of hydrogen-bond acceptors (Lipinski definition) is 6. The number of aromatic nitrogens is 3. The van der Waals surface area contributed by atoms with Crippen molar-refractivity contribution < 1.29 is 13.2 Å². The SMILES string of the molecule is N#Cc1ccc(-c2nc3cc(C#N)c4c5ccccc5nc(-c5cccc(-c6cc(F)c(F)c(F)c6)c5)c4c3nc2-c2ccc(C#N)cc2)cc1. The van der Waals surface area contributed by atoms with Gasteiger partial charge in [0.1, 0.15) is 0 Å². The summed E-state index contributed by atoms with van der Waals surface area (Å²) in [6.07, 6.45) is 0. The fourth-order valence-corrected chi connectivity index (χ4v) is 6.34. The Kier molecular flexibility index (Phi) is 7.41. The van der Waals surface area contributed by atoms with Gasteiger partial charge in [0.05, 0.1) is 68.5 Å². The van der Waals surface area contributed by atoms with E-state index in [0.29, 0.717) is 88.7 Å². The second kappa shape index (κ2) is 12.2. The molecule has 6 nitrogen and oxygen atoms in total. The molecular formula is C42H19F3N6. The van der Waals surface area contributed by atoms with E-state index in [-0.39, 0.29) is 5.56 Å². The van der Waals surface area contributed by atoms with Crippen LogP contribution in [0, 0.1) is 51.4 Å². The lowest BCUT2D eigenvalue weighted by Gasteiger charge is -2.16. The first kappa shape index (κ1) is 30.9. The molecule has 9 heteroatoms. The Labute approximate surface area is 288 Å². The Morgan fingerprint density at radius 3 is 1.67 bits per heavy atom. The summed E-state index contributed by atoms with van der Waals surface area (Å²) < 4.78 is 42.5. The molecule has 0 spiro atoms. The van der Waals surface area contributed by atoms with Gasteiger partial charge in [-0.3, -0.25) is 0 Å². The molecule has 0 unspecified atom stereocenters. The number of hydrogen-bond donors (Lipinski definition) is 0. The van der Waals surface area contributed by atoms with Crippen molar-refractivity contribution in [1.82, 2.24) is 15.0 Å². The van der Waals surface area contributed by atoms with Gasteiger partial charge >= 0.3 is 0 Å². The smallest absolute Gasteiger partial charge is 0.194 e. The Morgan fingerprint density at radius 1 is 0.451 bits per heavy atom. The average molecular weight is 665 g/mol. The maximum absolute atomic E-state index is 14.3. The standard InChI is InChI=1S/C42H19F3N6/c43-32-17-29(18-33(44)38(32)45)27-4-3-5-28(16-27)39-37-36(31-6-1-2-7-34(31)49-39)30(22-48)19-35-42(37)51-41(26-14-10-24(21-47)11-15-26)40(50-35)25-12-8-23(20-46)9-13-25/h1-19H. The molecule has 2 aromatic heterocycles. The molecule has 8 rings (SSSR count). The van der Waals surface area contributed by atoms with Crippen LogP contribution in [0.2, 0.25) is 0 Å². The normalized spacial score (nSPS) is 11.0. The monoisotopic (exact) mass is 664 g/mol. The van der Waals surface area contributed by atoms with E-state index in [0.717, 1.165) is 12.1 Å². The van der Waals surface area contributed by atoms with Crippen LogP contribution in [-0.2, 0) is 0 Å². The van der Waals surface area contributed by atoms with Gasteiger partial charge in [0.15, 0.2) is 17.5 Å². The first-order chi connectivity index (χ1) is 24.9. The van der Waals surface area contributed by atoms with Crippen molar-refractivity contribution in [3.8, 4) is 63.1 Å². The molecule has 8 aromatic rings. The number of benzene rings is 6. The Balaban J connectivity index is 1.49. The van der Waals surface area contributed by atoms with Gasteiger partial charge in [-0.05, 0) is 65.7 Å². The highest BCUT2D eigenvalue weighted by Gasteiger charge is 2.22. The summed E-state index contributed by atoms with van der Waals surface area (Å²) in [5.74, 6) is -4.17. The van der Waals surface area contributed by atoms with E-state index in [2.05, 4.69) is 18.2 Å². The van der Waals surface area contributed by atoms with E-state index < -0.39 is 17.5 Å². The highest BCUT2D eigenvalue weighted by molar-refractivity contribution is 6.22. The Bertz CT molecular complexity index is 2840. The molecule has 0 saturated carbocycles. The Hall–Kier alpha value is -7.41. The first-order valence-electron chi connectivity index (χ1n) is 15.6. The van der Waals surface area contributed by atoms with Crippen LogP contribution >= 0.6 is 0 Å². The molecule has 0 fully saturated rings. The first-order valence-corrected chi connectivity index (χ1v) is 15.6. The fraction of sp³-hybridized carbons (Fsp3) is 0. The number of rotatable bonds is 4. The summed E-state index contributed by atoms with van der Waals surface area (Å²) >= 11 is 0. The predicted octanol–water partition coefficient (Wildman–Crippen LogP) is 10.0. The molecule has 0 aliphatic carbocycles. The van der Waals surface area contributed by atoms with E-state index in [1.54, 1.807) is 78.9 Å². The number of nitrogens with zero attached hydrogens (tertiary/aromatic N) is 6. The van der Waals surface area contributed by atoms with Crippen LogP contribution in [0.3, 0.4) is 0 Å². The summed E-state index contributed by atoms with van der Waals surface area (Å²) in [5.41, 5.74) is 6.65. The maximum Gasteiger partial charge on any atom is 0.194 e. The van der Waals surface area contributed by atoms with E-state index in [9.17, 15) is 29.0 Å². The minimum Gasteiger partial charge on any atom is -0.247 e. The molecule has 6 aromatic carbocycles. The highest BCUT2D eigenvalue weighted by atomic mass is 19.2. The van der Waals surface area contributed by atoms with Crippen LogP contribution in [0.5, 0.6) is 0 Å². The molecule has 0 saturated heterocycles. The average Bonchev–Trinajstić information content (AvgIpc) is 3.18. The van der Waals surface area contributed by atoms with E-state index in [1.807, 2.05) is 24.3 Å². The highest BCUT2D eigenvalue weighted by Crippen LogP contribution is 2.41. The largest absolute Gasteiger partial charge is 0.247 e. The lowest BCUT2D eigenvalue weighted by atomic mass is 9.93. The van der Waals surface area contributed by atoms with Gasteiger partial charge in [-0.2, -0.15) is 15.8 Å². The van der Waals surface area contributed by atoms with Crippen molar-refractivity contribution in [3.05, 3.63) is 149 Å². The summed E-state index contributed by atoms with van der Waals surface area (Å²) in [5, 5.41) is 31.2. The third kappa shape index (κ3) is 5.25. The summed E-state index contributed by atoms with van der Waals surface area (Å²) in [7, 11) is 0. The van der Waals surface area contributed by atoms with Crippen molar-refractivity contribution in [2.45, 2.75) is 0 Å². The minimum atomic E-state index is -1.55. The van der Waals surface area contributed by atoms with E-state index >= 15 is 0 Å². The lowest BCUT2D eigenvalue weighted by Crippen LogP contribution is -2.00.